The monoisotopic (exact) mass is 220 g/mol. The van der Waals surface area contributed by atoms with Crippen molar-refractivity contribution in [3.05, 3.63) is 11.3 Å². The number of terminal acetylenes is 2. The number of carbonyl (C=O) groups is 2. The lowest BCUT2D eigenvalue weighted by atomic mass is 10.2. The third-order valence-electron chi connectivity index (χ3n) is 1.55. The molecule has 4 heteroatoms. The van der Waals surface area contributed by atoms with E-state index in [0.717, 1.165) is 0 Å². The van der Waals surface area contributed by atoms with Crippen molar-refractivity contribution in [2.45, 2.75) is 13.8 Å². The average Bonchev–Trinajstić information content (AvgIpc) is 2.25. The van der Waals surface area contributed by atoms with E-state index in [1.54, 1.807) is 0 Å². The van der Waals surface area contributed by atoms with Gasteiger partial charge < -0.3 is 9.47 Å². The van der Waals surface area contributed by atoms with Gasteiger partial charge in [-0.3, -0.25) is 4.79 Å². The van der Waals surface area contributed by atoms with Crippen molar-refractivity contribution < 1.29 is 19.1 Å². The number of allylic oxidation sites excluding steroid dienone is 1. The largest absolute Gasteiger partial charge is 0.477 e. The molecule has 0 aromatic carbocycles. The molecule has 0 bridgehead atoms. The molecular weight excluding hydrogens is 208 g/mol. The Morgan fingerprint density at radius 1 is 1.06 bits per heavy atom. The molecule has 0 rings (SSSR count). The van der Waals surface area contributed by atoms with Crippen LogP contribution in [0.1, 0.15) is 13.8 Å². The molecule has 0 amide bonds. The zero-order valence-corrected chi connectivity index (χ0v) is 9.20. The van der Waals surface area contributed by atoms with Crippen LogP contribution in [0.4, 0.5) is 0 Å². The lowest BCUT2D eigenvalue weighted by Crippen LogP contribution is -2.14. The molecule has 0 aliphatic heterocycles. The molecule has 0 N–H and O–H groups in total. The zero-order valence-electron chi connectivity index (χ0n) is 9.20. The van der Waals surface area contributed by atoms with Crippen molar-refractivity contribution in [1.82, 2.24) is 0 Å². The van der Waals surface area contributed by atoms with Crippen molar-refractivity contribution in [2.24, 2.45) is 0 Å². The Morgan fingerprint density at radius 3 is 2.00 bits per heavy atom. The Labute approximate surface area is 94.6 Å². The van der Waals surface area contributed by atoms with Gasteiger partial charge in [-0.1, -0.05) is 11.8 Å². The van der Waals surface area contributed by atoms with Gasteiger partial charge in [0.05, 0.1) is 5.57 Å². The number of esters is 1. The number of hydrogen-bond donors (Lipinski definition) is 0. The van der Waals surface area contributed by atoms with Crippen molar-refractivity contribution >= 4 is 11.8 Å². The zero-order chi connectivity index (χ0) is 12.6. The normalized spacial score (nSPS) is 10.5. The minimum atomic E-state index is -0.694. The molecule has 0 unspecified atom stereocenters. The van der Waals surface area contributed by atoms with Crippen LogP contribution in [0.5, 0.6) is 0 Å². The summed E-state index contributed by atoms with van der Waals surface area (Å²) in [5.74, 6) is 3.15. The van der Waals surface area contributed by atoms with Gasteiger partial charge in [0.15, 0.2) is 18.1 Å². The first-order valence-electron chi connectivity index (χ1n) is 4.43. The highest BCUT2D eigenvalue weighted by molar-refractivity contribution is 6.00. The van der Waals surface area contributed by atoms with Crippen molar-refractivity contribution in [2.75, 3.05) is 13.2 Å². The quantitative estimate of drug-likeness (QED) is 0.296. The number of Topliss-reactive ketones (excluding diaryl/α,β-unsaturated/α-hetero) is 1. The molecule has 0 heterocycles. The van der Waals surface area contributed by atoms with E-state index in [4.69, 9.17) is 17.6 Å². The Morgan fingerprint density at radius 2 is 1.56 bits per heavy atom. The minimum Gasteiger partial charge on any atom is -0.477 e. The average molecular weight is 220 g/mol. The van der Waals surface area contributed by atoms with E-state index >= 15 is 0 Å². The lowest BCUT2D eigenvalue weighted by Gasteiger charge is -2.08. The SMILES string of the molecule is C#CCOC(=O)/C(C)=C(\OCC#C)C(C)=O. The molecule has 16 heavy (non-hydrogen) atoms. The molecule has 0 aliphatic rings. The maximum atomic E-state index is 11.4. The van der Waals surface area contributed by atoms with Gasteiger partial charge in [0.25, 0.3) is 0 Å². The standard InChI is InChI=1S/C12H12O4/c1-5-7-15-11(10(4)13)9(3)12(14)16-8-6-2/h1-2H,7-8H2,3-4H3/b11-9-. The van der Waals surface area contributed by atoms with Crippen molar-refractivity contribution in [3.63, 3.8) is 0 Å². The summed E-state index contributed by atoms with van der Waals surface area (Å²) in [7, 11) is 0. The van der Waals surface area contributed by atoms with Crippen LogP contribution < -0.4 is 0 Å². The smallest absolute Gasteiger partial charge is 0.338 e. The fourth-order valence-electron chi connectivity index (χ4n) is 0.896. The van der Waals surface area contributed by atoms with Gasteiger partial charge in [-0.25, -0.2) is 4.79 Å². The van der Waals surface area contributed by atoms with Crippen LogP contribution in [-0.2, 0) is 19.1 Å². The van der Waals surface area contributed by atoms with Crippen LogP contribution in [0.3, 0.4) is 0 Å². The van der Waals surface area contributed by atoms with E-state index in [9.17, 15) is 9.59 Å². The van der Waals surface area contributed by atoms with E-state index in [1.807, 2.05) is 0 Å². The van der Waals surface area contributed by atoms with E-state index in [-0.39, 0.29) is 24.5 Å². The maximum absolute atomic E-state index is 11.4. The van der Waals surface area contributed by atoms with Crippen LogP contribution >= 0.6 is 0 Å². The number of carbonyl (C=O) groups excluding carboxylic acids is 2. The van der Waals surface area contributed by atoms with Crippen molar-refractivity contribution in [3.8, 4) is 24.7 Å². The molecule has 0 spiro atoms. The predicted octanol–water partition coefficient (Wildman–Crippen LogP) is 0.676. The highest BCUT2D eigenvalue weighted by atomic mass is 16.5. The second kappa shape index (κ2) is 7.14. The second-order valence-electron chi connectivity index (χ2n) is 2.78. The first kappa shape index (κ1) is 13.8. The van der Waals surface area contributed by atoms with E-state index in [2.05, 4.69) is 16.6 Å². The highest BCUT2D eigenvalue weighted by Crippen LogP contribution is 2.09. The summed E-state index contributed by atoms with van der Waals surface area (Å²) in [6.45, 7) is 2.43. The topological polar surface area (TPSA) is 52.6 Å². The molecule has 0 radical (unpaired) electrons. The maximum Gasteiger partial charge on any atom is 0.338 e. The van der Waals surface area contributed by atoms with Gasteiger partial charge in [-0.2, -0.15) is 0 Å². The third-order valence-corrected chi connectivity index (χ3v) is 1.55. The van der Waals surface area contributed by atoms with Crippen LogP contribution in [0.15, 0.2) is 11.3 Å². The van der Waals surface area contributed by atoms with Gasteiger partial charge in [0.1, 0.15) is 6.61 Å². The Kier molecular flexibility index (Phi) is 6.16. The molecule has 0 saturated carbocycles. The van der Waals surface area contributed by atoms with E-state index in [0.29, 0.717) is 0 Å². The lowest BCUT2D eigenvalue weighted by molar-refractivity contribution is -0.138. The second-order valence-corrected chi connectivity index (χ2v) is 2.78. The Balaban J connectivity index is 4.84. The van der Waals surface area contributed by atoms with Gasteiger partial charge in [-0.15, -0.1) is 12.8 Å². The first-order chi connectivity index (χ1) is 7.54. The summed E-state index contributed by atoms with van der Waals surface area (Å²) in [5, 5.41) is 0. The number of ether oxygens (including phenoxy) is 2. The van der Waals surface area contributed by atoms with Crippen LogP contribution in [-0.4, -0.2) is 25.0 Å². The minimum absolute atomic E-state index is 0.0537. The van der Waals surface area contributed by atoms with E-state index in [1.165, 1.54) is 13.8 Å². The Hall–Kier alpha value is -2.20. The molecule has 0 atom stereocenters. The number of rotatable bonds is 5. The molecule has 0 saturated heterocycles. The van der Waals surface area contributed by atoms with Gasteiger partial charge in [0, 0.05) is 6.92 Å². The van der Waals surface area contributed by atoms with Gasteiger partial charge >= 0.3 is 5.97 Å². The summed E-state index contributed by atoms with van der Waals surface area (Å²) >= 11 is 0. The van der Waals surface area contributed by atoms with Crippen LogP contribution in [0.2, 0.25) is 0 Å². The van der Waals surface area contributed by atoms with Gasteiger partial charge in [0.2, 0.25) is 0 Å². The van der Waals surface area contributed by atoms with E-state index < -0.39 is 11.8 Å². The molecule has 0 aliphatic carbocycles. The molecule has 84 valence electrons. The number of ketones is 1. The van der Waals surface area contributed by atoms with Crippen LogP contribution in [0.25, 0.3) is 0 Å². The number of hydrogen-bond acceptors (Lipinski definition) is 4. The summed E-state index contributed by atoms with van der Waals surface area (Å²) in [5.41, 5.74) is 0.0537. The Bertz CT molecular complexity index is 390. The van der Waals surface area contributed by atoms with Gasteiger partial charge in [-0.05, 0) is 6.92 Å². The van der Waals surface area contributed by atoms with Crippen molar-refractivity contribution in [1.29, 1.82) is 0 Å². The fraction of sp³-hybridized carbons (Fsp3) is 0.333. The van der Waals surface area contributed by atoms with Crippen LogP contribution in [0, 0.1) is 24.7 Å². The highest BCUT2D eigenvalue weighted by Gasteiger charge is 2.16. The molecule has 0 fully saturated rings. The molecule has 4 nitrogen and oxygen atoms in total. The summed E-state index contributed by atoms with van der Waals surface area (Å²) in [6.07, 6.45) is 9.91. The first-order valence-corrected chi connectivity index (χ1v) is 4.43. The molecule has 0 aromatic heterocycles. The fourth-order valence-corrected chi connectivity index (χ4v) is 0.896. The summed E-state index contributed by atoms with van der Waals surface area (Å²) < 4.78 is 9.60. The predicted molar refractivity (Wildman–Crippen MR) is 58.0 cm³/mol. The summed E-state index contributed by atoms with van der Waals surface area (Å²) in [6, 6.07) is 0. The molecule has 0 aromatic rings. The third kappa shape index (κ3) is 4.34. The molecular formula is C12H12O4. The summed E-state index contributed by atoms with van der Waals surface area (Å²) in [4.78, 5) is 22.5.